The van der Waals surface area contributed by atoms with E-state index >= 15 is 0 Å². The molecule has 2 rings (SSSR count). The highest BCUT2D eigenvalue weighted by atomic mass is 32.2. The number of aromatic carboxylic acids is 1. The summed E-state index contributed by atoms with van der Waals surface area (Å²) in [4.78, 5) is 10.7. The predicted molar refractivity (Wildman–Crippen MR) is 55.0 cm³/mol. The van der Waals surface area contributed by atoms with E-state index in [1.165, 1.54) is 17.8 Å². The molecule has 0 fully saturated rings. The van der Waals surface area contributed by atoms with Crippen LogP contribution >= 0.6 is 11.8 Å². The fourth-order valence-electron chi connectivity index (χ4n) is 1.24. The van der Waals surface area contributed by atoms with Crippen molar-refractivity contribution >= 4 is 28.7 Å². The van der Waals surface area contributed by atoms with E-state index in [1.807, 2.05) is 12.3 Å². The van der Waals surface area contributed by atoms with Crippen LogP contribution in [0.5, 0.6) is 0 Å². The zero-order valence-electron chi connectivity index (χ0n) is 7.48. The second-order valence-corrected chi connectivity index (χ2v) is 3.64. The standard InChI is InChI=1S/C10H8O3S/c1-14-9-5-6-2-3-7(10(11)12)4-8(6)13-9/h2-5H,1H3,(H,11,12). The van der Waals surface area contributed by atoms with Crippen molar-refractivity contribution in [2.75, 3.05) is 6.26 Å². The van der Waals surface area contributed by atoms with E-state index in [9.17, 15) is 4.79 Å². The van der Waals surface area contributed by atoms with Gasteiger partial charge in [0.1, 0.15) is 5.58 Å². The summed E-state index contributed by atoms with van der Waals surface area (Å²) in [6.07, 6.45) is 1.91. The lowest BCUT2D eigenvalue weighted by Crippen LogP contribution is -1.94. The molecule has 0 aliphatic rings. The zero-order valence-corrected chi connectivity index (χ0v) is 8.30. The van der Waals surface area contributed by atoms with Crippen molar-refractivity contribution < 1.29 is 14.3 Å². The van der Waals surface area contributed by atoms with Gasteiger partial charge in [-0.3, -0.25) is 0 Å². The maximum Gasteiger partial charge on any atom is 0.335 e. The summed E-state index contributed by atoms with van der Waals surface area (Å²) in [5.41, 5.74) is 0.869. The number of carbonyl (C=O) groups is 1. The molecule has 1 N–H and O–H groups in total. The van der Waals surface area contributed by atoms with Crippen molar-refractivity contribution in [1.82, 2.24) is 0 Å². The molecule has 0 saturated carbocycles. The van der Waals surface area contributed by atoms with Crippen LogP contribution in [0.3, 0.4) is 0 Å². The number of hydrogen-bond donors (Lipinski definition) is 1. The molecule has 0 atom stereocenters. The van der Waals surface area contributed by atoms with E-state index in [1.54, 1.807) is 12.1 Å². The van der Waals surface area contributed by atoms with E-state index in [-0.39, 0.29) is 5.56 Å². The Morgan fingerprint density at radius 1 is 1.43 bits per heavy atom. The smallest absolute Gasteiger partial charge is 0.335 e. The van der Waals surface area contributed by atoms with Gasteiger partial charge in [-0.05, 0) is 24.5 Å². The number of carboxylic acid groups (broad SMARTS) is 1. The molecular weight excluding hydrogens is 200 g/mol. The minimum Gasteiger partial charge on any atom is -0.478 e. The number of furan rings is 1. The lowest BCUT2D eigenvalue weighted by atomic mass is 10.2. The second-order valence-electron chi connectivity index (χ2n) is 2.83. The number of thioether (sulfide) groups is 1. The summed E-state index contributed by atoms with van der Waals surface area (Å²) >= 11 is 1.49. The molecule has 72 valence electrons. The molecule has 0 radical (unpaired) electrons. The van der Waals surface area contributed by atoms with Crippen molar-refractivity contribution in [2.24, 2.45) is 0 Å². The van der Waals surface area contributed by atoms with Crippen LogP contribution in [0, 0.1) is 0 Å². The molecule has 0 bridgehead atoms. The molecule has 0 unspecified atom stereocenters. The Kier molecular flexibility index (Phi) is 2.21. The number of benzene rings is 1. The maximum absolute atomic E-state index is 10.7. The summed E-state index contributed by atoms with van der Waals surface area (Å²) in [7, 11) is 0. The molecule has 0 saturated heterocycles. The van der Waals surface area contributed by atoms with Gasteiger partial charge in [-0.15, -0.1) is 0 Å². The highest BCUT2D eigenvalue weighted by molar-refractivity contribution is 7.98. The van der Waals surface area contributed by atoms with Crippen LogP contribution in [0.2, 0.25) is 0 Å². The summed E-state index contributed by atoms with van der Waals surface area (Å²) in [5, 5.41) is 10.5. The largest absolute Gasteiger partial charge is 0.478 e. The first-order chi connectivity index (χ1) is 6.70. The Morgan fingerprint density at radius 3 is 2.86 bits per heavy atom. The molecular formula is C10H8O3S. The van der Waals surface area contributed by atoms with E-state index in [2.05, 4.69) is 0 Å². The molecule has 0 aliphatic carbocycles. The number of fused-ring (bicyclic) bond motifs is 1. The Morgan fingerprint density at radius 2 is 2.21 bits per heavy atom. The Balaban J connectivity index is 2.59. The van der Waals surface area contributed by atoms with Crippen LogP contribution in [-0.4, -0.2) is 17.3 Å². The summed E-state index contributed by atoms with van der Waals surface area (Å²) in [6, 6.07) is 6.76. The number of carboxylic acids is 1. The van der Waals surface area contributed by atoms with Crippen molar-refractivity contribution in [3.05, 3.63) is 29.8 Å². The van der Waals surface area contributed by atoms with E-state index < -0.39 is 5.97 Å². The highest BCUT2D eigenvalue weighted by Gasteiger charge is 2.07. The predicted octanol–water partition coefficient (Wildman–Crippen LogP) is 2.85. The number of rotatable bonds is 2. The normalized spacial score (nSPS) is 10.6. The minimum atomic E-state index is -0.936. The Bertz CT molecular complexity index is 487. The Labute approximate surface area is 84.7 Å². The van der Waals surface area contributed by atoms with Gasteiger partial charge in [0.2, 0.25) is 0 Å². The molecule has 2 aromatic rings. The van der Waals surface area contributed by atoms with Crippen LogP contribution in [0.1, 0.15) is 10.4 Å². The van der Waals surface area contributed by atoms with Crippen molar-refractivity contribution in [3.8, 4) is 0 Å². The molecule has 1 aromatic carbocycles. The third kappa shape index (κ3) is 1.48. The van der Waals surface area contributed by atoms with Gasteiger partial charge >= 0.3 is 5.97 Å². The third-order valence-electron chi connectivity index (χ3n) is 1.95. The summed E-state index contributed by atoms with van der Waals surface area (Å²) in [6.45, 7) is 0. The van der Waals surface area contributed by atoms with Gasteiger partial charge in [0.25, 0.3) is 0 Å². The molecule has 4 heteroatoms. The second kappa shape index (κ2) is 3.38. The van der Waals surface area contributed by atoms with Gasteiger partial charge in [0, 0.05) is 5.39 Å². The third-order valence-corrected chi connectivity index (χ3v) is 2.55. The van der Waals surface area contributed by atoms with Crippen LogP contribution < -0.4 is 0 Å². The lowest BCUT2D eigenvalue weighted by Gasteiger charge is -1.92. The first-order valence-corrected chi connectivity index (χ1v) is 5.24. The van der Waals surface area contributed by atoms with Gasteiger partial charge in [-0.25, -0.2) is 4.79 Å². The molecule has 3 nitrogen and oxygen atoms in total. The zero-order chi connectivity index (χ0) is 10.1. The lowest BCUT2D eigenvalue weighted by molar-refractivity contribution is 0.0697. The topological polar surface area (TPSA) is 50.4 Å². The highest BCUT2D eigenvalue weighted by Crippen LogP contribution is 2.26. The quantitative estimate of drug-likeness (QED) is 0.771. The number of hydrogen-bond acceptors (Lipinski definition) is 3. The van der Waals surface area contributed by atoms with Crippen molar-refractivity contribution in [1.29, 1.82) is 0 Å². The van der Waals surface area contributed by atoms with Gasteiger partial charge in [0.05, 0.1) is 5.56 Å². The fourth-order valence-corrected chi connectivity index (χ4v) is 1.66. The molecule has 0 aliphatic heterocycles. The van der Waals surface area contributed by atoms with E-state index in [4.69, 9.17) is 9.52 Å². The first kappa shape index (κ1) is 9.15. The minimum absolute atomic E-state index is 0.250. The van der Waals surface area contributed by atoms with Crippen LogP contribution in [0.4, 0.5) is 0 Å². The maximum atomic E-state index is 10.7. The first-order valence-electron chi connectivity index (χ1n) is 4.01. The van der Waals surface area contributed by atoms with Gasteiger partial charge in [0.15, 0.2) is 5.09 Å². The van der Waals surface area contributed by atoms with Gasteiger partial charge < -0.3 is 9.52 Å². The van der Waals surface area contributed by atoms with Crippen LogP contribution in [0.25, 0.3) is 11.0 Å². The van der Waals surface area contributed by atoms with Crippen molar-refractivity contribution in [3.63, 3.8) is 0 Å². The Hall–Kier alpha value is -1.42. The van der Waals surface area contributed by atoms with Crippen LogP contribution in [-0.2, 0) is 0 Å². The van der Waals surface area contributed by atoms with Gasteiger partial charge in [-0.2, -0.15) is 0 Å². The summed E-state index contributed by atoms with van der Waals surface area (Å²) in [5.74, 6) is -0.936. The fraction of sp³-hybridized carbons (Fsp3) is 0.100. The SMILES string of the molecule is CSc1cc2ccc(C(=O)O)cc2o1. The molecule has 14 heavy (non-hydrogen) atoms. The van der Waals surface area contributed by atoms with Crippen LogP contribution in [0.15, 0.2) is 33.8 Å². The average Bonchev–Trinajstić information content (AvgIpc) is 2.58. The van der Waals surface area contributed by atoms with Gasteiger partial charge in [-0.1, -0.05) is 17.8 Å². The summed E-state index contributed by atoms with van der Waals surface area (Å²) < 4.78 is 5.41. The molecule has 0 amide bonds. The monoisotopic (exact) mass is 208 g/mol. The van der Waals surface area contributed by atoms with E-state index in [0.717, 1.165) is 10.5 Å². The van der Waals surface area contributed by atoms with Crippen molar-refractivity contribution in [2.45, 2.75) is 5.09 Å². The molecule has 1 aromatic heterocycles. The average molecular weight is 208 g/mol. The molecule has 0 spiro atoms. The molecule has 1 heterocycles. The van der Waals surface area contributed by atoms with E-state index in [0.29, 0.717) is 5.58 Å².